The van der Waals surface area contributed by atoms with E-state index in [1.807, 2.05) is 0 Å². The molecule has 8 heteroatoms. The molecule has 1 aromatic carbocycles. The molecule has 1 fully saturated rings. The van der Waals surface area contributed by atoms with Crippen molar-refractivity contribution in [3.05, 3.63) is 46.8 Å². The molecule has 0 saturated carbocycles. The van der Waals surface area contributed by atoms with E-state index in [1.54, 1.807) is 19.2 Å². The molecule has 0 bridgehead atoms. The first kappa shape index (κ1) is 17.3. The zero-order chi connectivity index (χ0) is 16.9. The van der Waals surface area contributed by atoms with Gasteiger partial charge in [-0.15, -0.1) is 0 Å². The van der Waals surface area contributed by atoms with Gasteiger partial charge in [-0.2, -0.15) is 5.10 Å². The van der Waals surface area contributed by atoms with Crippen LogP contribution in [-0.4, -0.2) is 41.5 Å². The van der Waals surface area contributed by atoms with E-state index < -0.39 is 5.82 Å². The lowest BCUT2D eigenvalue weighted by Gasteiger charge is -2.21. The number of aromatic nitrogens is 3. The summed E-state index contributed by atoms with van der Waals surface area (Å²) in [4.78, 5) is 4.13. The molecule has 1 saturated heterocycles. The number of hydrogen-bond donors (Lipinski definition) is 2. The molecule has 24 heavy (non-hydrogen) atoms. The van der Waals surface area contributed by atoms with Gasteiger partial charge in [-0.1, -0.05) is 23.7 Å². The third kappa shape index (κ3) is 3.92. The first-order chi connectivity index (χ1) is 11.7. The second-order valence-electron chi connectivity index (χ2n) is 5.75. The summed E-state index contributed by atoms with van der Waals surface area (Å²) in [6.07, 6.45) is 3.21. The topological polar surface area (TPSA) is 72.1 Å². The van der Waals surface area contributed by atoms with Crippen molar-refractivity contribution in [2.75, 3.05) is 20.3 Å². The molecule has 0 spiro atoms. The van der Waals surface area contributed by atoms with Gasteiger partial charge in [0.25, 0.3) is 0 Å². The molecule has 1 aromatic heterocycles. The van der Waals surface area contributed by atoms with Crippen LogP contribution in [0.2, 0.25) is 5.02 Å². The van der Waals surface area contributed by atoms with Crippen LogP contribution in [0.5, 0.6) is 0 Å². The molecular formula is C16H20ClFN4O2. The Kier molecular flexibility index (Phi) is 5.78. The van der Waals surface area contributed by atoms with Crippen molar-refractivity contribution in [3.63, 3.8) is 0 Å². The van der Waals surface area contributed by atoms with Gasteiger partial charge in [-0.25, -0.2) is 9.37 Å². The maximum atomic E-state index is 14.2. The lowest BCUT2D eigenvalue weighted by molar-refractivity contribution is 0.0364. The molecular weight excluding hydrogens is 335 g/mol. The molecule has 2 aromatic rings. The number of ether oxygens (including phenoxy) is 2. The van der Waals surface area contributed by atoms with Crippen molar-refractivity contribution >= 4 is 11.6 Å². The van der Waals surface area contributed by atoms with Crippen LogP contribution in [0.25, 0.3) is 0 Å². The van der Waals surface area contributed by atoms with Gasteiger partial charge in [0.1, 0.15) is 18.2 Å². The van der Waals surface area contributed by atoms with Crippen molar-refractivity contribution in [2.45, 2.75) is 31.1 Å². The number of methoxy groups -OCH3 is 1. The first-order valence-corrected chi connectivity index (χ1v) is 8.23. The molecule has 0 aliphatic carbocycles. The van der Waals surface area contributed by atoms with Crippen LogP contribution in [0.1, 0.15) is 36.4 Å². The van der Waals surface area contributed by atoms with E-state index in [0.717, 1.165) is 18.7 Å². The minimum absolute atomic E-state index is 0.0294. The van der Waals surface area contributed by atoms with Gasteiger partial charge in [-0.05, 0) is 18.9 Å². The molecule has 3 rings (SSSR count). The summed E-state index contributed by atoms with van der Waals surface area (Å²) >= 11 is 5.88. The molecule has 0 radical (unpaired) electrons. The molecule has 6 nitrogen and oxygen atoms in total. The fourth-order valence-corrected chi connectivity index (χ4v) is 3.10. The second-order valence-corrected chi connectivity index (χ2v) is 6.16. The Labute approximate surface area is 144 Å². The summed E-state index contributed by atoms with van der Waals surface area (Å²) in [5, 5.41) is 10.1. The van der Waals surface area contributed by atoms with Crippen LogP contribution in [0, 0.1) is 5.82 Å². The lowest BCUT2D eigenvalue weighted by atomic mass is 10.1. The monoisotopic (exact) mass is 354 g/mol. The van der Waals surface area contributed by atoms with Crippen LogP contribution in [0.4, 0.5) is 4.39 Å². The molecule has 1 unspecified atom stereocenters. The number of hydrogen-bond acceptors (Lipinski definition) is 5. The average Bonchev–Trinajstić information content (AvgIpc) is 3.25. The Balaban J connectivity index is 1.60. The fraction of sp³-hybridized carbons (Fsp3) is 0.500. The van der Waals surface area contributed by atoms with Gasteiger partial charge in [-0.3, -0.25) is 5.10 Å². The number of rotatable bonds is 7. The molecule has 0 amide bonds. The van der Waals surface area contributed by atoms with E-state index in [0.29, 0.717) is 18.7 Å². The smallest absolute Gasteiger partial charge is 0.153 e. The highest BCUT2D eigenvalue weighted by molar-refractivity contribution is 6.30. The Morgan fingerprint density at radius 2 is 2.38 bits per heavy atom. The largest absolute Gasteiger partial charge is 0.383 e. The van der Waals surface area contributed by atoms with Crippen LogP contribution in [0.3, 0.4) is 0 Å². The highest BCUT2D eigenvalue weighted by Gasteiger charge is 2.29. The summed E-state index contributed by atoms with van der Waals surface area (Å²) in [7, 11) is 1.59. The third-order valence-electron chi connectivity index (χ3n) is 4.13. The van der Waals surface area contributed by atoms with E-state index in [-0.39, 0.29) is 23.3 Å². The zero-order valence-electron chi connectivity index (χ0n) is 13.3. The Bertz CT molecular complexity index is 656. The van der Waals surface area contributed by atoms with E-state index in [9.17, 15) is 4.39 Å². The van der Waals surface area contributed by atoms with Gasteiger partial charge in [0, 0.05) is 19.2 Å². The van der Waals surface area contributed by atoms with Crippen LogP contribution >= 0.6 is 11.6 Å². The summed E-state index contributed by atoms with van der Waals surface area (Å²) in [6.45, 7) is 0.931. The molecule has 1 aliphatic rings. The molecule has 3 atom stereocenters. The minimum atomic E-state index is -0.416. The van der Waals surface area contributed by atoms with Crippen molar-refractivity contribution < 1.29 is 13.9 Å². The lowest BCUT2D eigenvalue weighted by Crippen LogP contribution is -2.33. The molecule has 2 heterocycles. The summed E-state index contributed by atoms with van der Waals surface area (Å²) in [5.74, 6) is 0.326. The van der Waals surface area contributed by atoms with Crippen molar-refractivity contribution in [1.82, 2.24) is 20.5 Å². The summed E-state index contributed by atoms with van der Waals surface area (Å²) in [6, 6.07) is 4.69. The van der Waals surface area contributed by atoms with E-state index in [2.05, 4.69) is 20.5 Å². The first-order valence-electron chi connectivity index (χ1n) is 7.86. The average molecular weight is 355 g/mol. The standard InChI is InChI=1S/C16H20ClFN4O2/c1-23-8-13(11-3-2-4-12(17)15(11)18)19-7-10-5-6-14(24-10)16-20-9-21-22-16/h2-4,9-10,13-14,19H,5-8H2,1H3,(H,20,21,22)/t10-,13?,14+/m1/s1. The number of nitrogens with zero attached hydrogens (tertiary/aromatic N) is 2. The van der Waals surface area contributed by atoms with Gasteiger partial charge in [0.15, 0.2) is 5.82 Å². The van der Waals surface area contributed by atoms with E-state index >= 15 is 0 Å². The van der Waals surface area contributed by atoms with Crippen LogP contribution in [0.15, 0.2) is 24.5 Å². The maximum Gasteiger partial charge on any atom is 0.153 e. The Morgan fingerprint density at radius 1 is 1.50 bits per heavy atom. The highest BCUT2D eigenvalue weighted by Crippen LogP contribution is 2.30. The van der Waals surface area contributed by atoms with E-state index in [1.165, 1.54) is 12.4 Å². The van der Waals surface area contributed by atoms with Crippen molar-refractivity contribution in [2.24, 2.45) is 0 Å². The quantitative estimate of drug-likeness (QED) is 0.800. The molecule has 130 valence electrons. The van der Waals surface area contributed by atoms with Crippen LogP contribution < -0.4 is 5.32 Å². The SMILES string of the molecule is COCC(NC[C@H]1CC[C@@H](c2ncn[nH]2)O1)c1cccc(Cl)c1F. The fourth-order valence-electron chi connectivity index (χ4n) is 2.92. The maximum absolute atomic E-state index is 14.2. The summed E-state index contributed by atoms with van der Waals surface area (Å²) in [5.41, 5.74) is 0.495. The van der Waals surface area contributed by atoms with Crippen LogP contribution in [-0.2, 0) is 9.47 Å². The Morgan fingerprint density at radius 3 is 3.12 bits per heavy atom. The number of aromatic amines is 1. The highest BCUT2D eigenvalue weighted by atomic mass is 35.5. The normalized spacial score (nSPS) is 22.0. The van der Waals surface area contributed by atoms with Gasteiger partial charge in [0.2, 0.25) is 0 Å². The van der Waals surface area contributed by atoms with Gasteiger partial charge in [0.05, 0.1) is 23.8 Å². The predicted octanol–water partition coefficient (Wildman–Crippen LogP) is 2.79. The van der Waals surface area contributed by atoms with Crippen molar-refractivity contribution in [3.8, 4) is 0 Å². The third-order valence-corrected chi connectivity index (χ3v) is 4.42. The summed E-state index contributed by atoms with van der Waals surface area (Å²) < 4.78 is 25.4. The van der Waals surface area contributed by atoms with E-state index in [4.69, 9.17) is 21.1 Å². The predicted molar refractivity (Wildman–Crippen MR) is 87.3 cm³/mol. The second kappa shape index (κ2) is 8.02. The molecule has 2 N–H and O–H groups in total. The number of nitrogens with one attached hydrogen (secondary N) is 2. The zero-order valence-corrected chi connectivity index (χ0v) is 14.1. The van der Waals surface area contributed by atoms with Crippen molar-refractivity contribution in [1.29, 1.82) is 0 Å². The van der Waals surface area contributed by atoms with Gasteiger partial charge < -0.3 is 14.8 Å². The number of benzene rings is 1. The number of H-pyrrole nitrogens is 1. The molecule has 1 aliphatic heterocycles. The number of halogens is 2. The minimum Gasteiger partial charge on any atom is -0.383 e. The van der Waals surface area contributed by atoms with Gasteiger partial charge >= 0.3 is 0 Å². The Hall–Kier alpha value is -1.54.